The van der Waals surface area contributed by atoms with Gasteiger partial charge in [-0.05, 0) is 63.5 Å². The second kappa shape index (κ2) is 7.62. The molecule has 1 saturated heterocycles. The third kappa shape index (κ3) is 3.67. The summed E-state index contributed by atoms with van der Waals surface area (Å²) in [6.07, 6.45) is 4.00. The minimum Gasteiger partial charge on any atom is -0.462 e. The Morgan fingerprint density at radius 1 is 1.33 bits per heavy atom. The van der Waals surface area contributed by atoms with Crippen molar-refractivity contribution < 1.29 is 9.53 Å². The lowest BCUT2D eigenvalue weighted by Crippen LogP contribution is -2.36. The van der Waals surface area contributed by atoms with Crippen LogP contribution in [0.1, 0.15) is 30.1 Å². The highest BCUT2D eigenvalue weighted by Crippen LogP contribution is 2.26. The Hall–Kier alpha value is -2.14. The Kier molecular flexibility index (Phi) is 5.30. The SMILES string of the molecule is CCOC(=O)c1cnc2ccc(N3CCC(CNC)CC3)cc2c1. The number of piperidine rings is 1. The highest BCUT2D eigenvalue weighted by molar-refractivity contribution is 5.94. The molecule has 0 unspecified atom stereocenters. The Labute approximate surface area is 143 Å². The van der Waals surface area contributed by atoms with E-state index in [1.165, 1.54) is 18.5 Å². The third-order valence-electron chi connectivity index (χ3n) is 4.65. The van der Waals surface area contributed by atoms with Crippen LogP contribution in [0.15, 0.2) is 30.5 Å². The number of carbonyl (C=O) groups excluding carboxylic acids is 1. The molecule has 2 aromatic rings. The minimum atomic E-state index is -0.315. The molecule has 5 heteroatoms. The summed E-state index contributed by atoms with van der Waals surface area (Å²) in [6.45, 7) is 5.42. The first kappa shape index (κ1) is 16.7. The Morgan fingerprint density at radius 2 is 2.12 bits per heavy atom. The molecule has 0 aliphatic carbocycles. The van der Waals surface area contributed by atoms with Crippen LogP contribution in [0.2, 0.25) is 0 Å². The third-order valence-corrected chi connectivity index (χ3v) is 4.65. The number of hydrogen-bond donors (Lipinski definition) is 1. The molecule has 0 amide bonds. The zero-order chi connectivity index (χ0) is 16.9. The first-order valence-electron chi connectivity index (χ1n) is 8.67. The van der Waals surface area contributed by atoms with E-state index in [0.717, 1.165) is 36.5 Å². The summed E-state index contributed by atoms with van der Waals surface area (Å²) < 4.78 is 5.06. The van der Waals surface area contributed by atoms with Gasteiger partial charge < -0.3 is 15.0 Å². The molecule has 1 aliphatic rings. The topological polar surface area (TPSA) is 54.5 Å². The molecular formula is C19H25N3O2. The number of rotatable bonds is 5. The summed E-state index contributed by atoms with van der Waals surface area (Å²) in [4.78, 5) is 18.7. The predicted molar refractivity (Wildman–Crippen MR) is 96.6 cm³/mol. The van der Waals surface area contributed by atoms with Gasteiger partial charge >= 0.3 is 5.97 Å². The van der Waals surface area contributed by atoms with Crippen LogP contribution in [-0.2, 0) is 4.74 Å². The molecule has 3 rings (SSSR count). The molecular weight excluding hydrogens is 302 g/mol. The Morgan fingerprint density at radius 3 is 2.83 bits per heavy atom. The molecule has 1 fully saturated rings. The number of esters is 1. The van der Waals surface area contributed by atoms with E-state index in [2.05, 4.69) is 27.3 Å². The van der Waals surface area contributed by atoms with Crippen LogP contribution in [0.3, 0.4) is 0 Å². The Bertz CT molecular complexity index is 709. The lowest BCUT2D eigenvalue weighted by Gasteiger charge is -2.33. The zero-order valence-corrected chi connectivity index (χ0v) is 14.4. The van der Waals surface area contributed by atoms with Crippen molar-refractivity contribution in [3.05, 3.63) is 36.0 Å². The van der Waals surface area contributed by atoms with E-state index in [-0.39, 0.29) is 5.97 Å². The van der Waals surface area contributed by atoms with Crippen molar-refractivity contribution in [3.63, 3.8) is 0 Å². The van der Waals surface area contributed by atoms with Gasteiger partial charge in [-0.25, -0.2) is 4.79 Å². The van der Waals surface area contributed by atoms with Crippen molar-refractivity contribution >= 4 is 22.6 Å². The maximum Gasteiger partial charge on any atom is 0.339 e. The van der Waals surface area contributed by atoms with E-state index in [1.54, 1.807) is 6.20 Å². The number of hydrogen-bond acceptors (Lipinski definition) is 5. The summed E-state index contributed by atoms with van der Waals surface area (Å²) in [5.41, 5.74) is 2.61. The molecule has 1 aliphatic heterocycles. The van der Waals surface area contributed by atoms with Crippen LogP contribution in [0.4, 0.5) is 5.69 Å². The second-order valence-corrected chi connectivity index (χ2v) is 6.31. The lowest BCUT2D eigenvalue weighted by molar-refractivity contribution is 0.0526. The number of nitrogens with one attached hydrogen (secondary N) is 1. The molecule has 24 heavy (non-hydrogen) atoms. The number of ether oxygens (including phenoxy) is 1. The maximum absolute atomic E-state index is 11.9. The zero-order valence-electron chi connectivity index (χ0n) is 14.4. The molecule has 0 spiro atoms. The molecule has 128 valence electrons. The molecule has 1 N–H and O–H groups in total. The van der Waals surface area contributed by atoms with Crippen molar-refractivity contribution in [2.75, 3.05) is 38.2 Å². The van der Waals surface area contributed by atoms with E-state index >= 15 is 0 Å². The standard InChI is InChI=1S/C19H25N3O2/c1-3-24-19(23)16-10-15-11-17(4-5-18(15)21-13-16)22-8-6-14(7-9-22)12-20-2/h4-5,10-11,13-14,20H,3,6-9,12H2,1-2H3. The first-order valence-corrected chi connectivity index (χ1v) is 8.67. The summed E-state index contributed by atoms with van der Waals surface area (Å²) in [5, 5.41) is 4.25. The van der Waals surface area contributed by atoms with Crippen LogP contribution < -0.4 is 10.2 Å². The molecule has 0 atom stereocenters. The van der Waals surface area contributed by atoms with Gasteiger partial charge in [0, 0.05) is 30.4 Å². The summed E-state index contributed by atoms with van der Waals surface area (Å²) in [6, 6.07) is 8.15. The number of fused-ring (bicyclic) bond motifs is 1. The van der Waals surface area contributed by atoms with Gasteiger partial charge in [0.2, 0.25) is 0 Å². The number of anilines is 1. The Balaban J connectivity index is 1.79. The molecule has 0 bridgehead atoms. The van der Waals surface area contributed by atoms with Crippen molar-refractivity contribution in [2.24, 2.45) is 5.92 Å². The van der Waals surface area contributed by atoms with E-state index in [0.29, 0.717) is 12.2 Å². The molecule has 1 aromatic carbocycles. The highest BCUT2D eigenvalue weighted by Gasteiger charge is 2.19. The van der Waals surface area contributed by atoms with E-state index in [4.69, 9.17) is 4.74 Å². The number of carbonyl (C=O) groups is 1. The normalized spacial score (nSPS) is 15.7. The van der Waals surface area contributed by atoms with Gasteiger partial charge in [-0.15, -0.1) is 0 Å². The average Bonchev–Trinajstić information content (AvgIpc) is 2.62. The maximum atomic E-state index is 11.9. The molecule has 2 heterocycles. The molecule has 5 nitrogen and oxygen atoms in total. The van der Waals surface area contributed by atoms with E-state index in [9.17, 15) is 4.79 Å². The largest absolute Gasteiger partial charge is 0.462 e. The van der Waals surface area contributed by atoms with Gasteiger partial charge in [-0.1, -0.05) is 0 Å². The number of nitrogens with zero attached hydrogens (tertiary/aromatic N) is 2. The van der Waals surface area contributed by atoms with Crippen molar-refractivity contribution in [1.82, 2.24) is 10.3 Å². The number of aromatic nitrogens is 1. The molecule has 0 radical (unpaired) electrons. The monoisotopic (exact) mass is 327 g/mol. The number of benzene rings is 1. The van der Waals surface area contributed by atoms with E-state index in [1.807, 2.05) is 26.1 Å². The quantitative estimate of drug-likeness (QED) is 0.856. The second-order valence-electron chi connectivity index (χ2n) is 6.31. The average molecular weight is 327 g/mol. The highest BCUT2D eigenvalue weighted by atomic mass is 16.5. The smallest absolute Gasteiger partial charge is 0.339 e. The minimum absolute atomic E-state index is 0.315. The summed E-state index contributed by atoms with van der Waals surface area (Å²) in [7, 11) is 2.02. The van der Waals surface area contributed by atoms with Gasteiger partial charge in [0.25, 0.3) is 0 Å². The fraction of sp³-hybridized carbons (Fsp3) is 0.474. The van der Waals surface area contributed by atoms with Crippen molar-refractivity contribution in [1.29, 1.82) is 0 Å². The molecule has 1 aromatic heterocycles. The van der Waals surface area contributed by atoms with Gasteiger partial charge in [0.05, 0.1) is 17.7 Å². The van der Waals surface area contributed by atoms with Crippen LogP contribution in [0, 0.1) is 5.92 Å². The first-order chi connectivity index (χ1) is 11.7. The van der Waals surface area contributed by atoms with Gasteiger partial charge in [0.15, 0.2) is 0 Å². The summed E-state index contributed by atoms with van der Waals surface area (Å²) in [5.74, 6) is 0.453. The lowest BCUT2D eigenvalue weighted by atomic mass is 9.96. The number of pyridine rings is 1. The summed E-state index contributed by atoms with van der Waals surface area (Å²) >= 11 is 0. The molecule has 0 saturated carbocycles. The van der Waals surface area contributed by atoms with Crippen LogP contribution >= 0.6 is 0 Å². The van der Waals surface area contributed by atoms with Gasteiger partial charge in [0.1, 0.15) is 0 Å². The van der Waals surface area contributed by atoms with E-state index < -0.39 is 0 Å². The van der Waals surface area contributed by atoms with Crippen LogP contribution in [0.5, 0.6) is 0 Å². The fourth-order valence-corrected chi connectivity index (χ4v) is 3.33. The van der Waals surface area contributed by atoms with Gasteiger partial charge in [-0.2, -0.15) is 0 Å². The van der Waals surface area contributed by atoms with Crippen molar-refractivity contribution in [2.45, 2.75) is 19.8 Å². The van der Waals surface area contributed by atoms with Crippen molar-refractivity contribution in [3.8, 4) is 0 Å². The predicted octanol–water partition coefficient (Wildman–Crippen LogP) is 2.85. The van der Waals surface area contributed by atoms with Gasteiger partial charge in [-0.3, -0.25) is 4.98 Å². The fourth-order valence-electron chi connectivity index (χ4n) is 3.33. The van der Waals surface area contributed by atoms with Crippen LogP contribution in [-0.4, -0.2) is 44.2 Å². The van der Waals surface area contributed by atoms with Crippen LogP contribution in [0.25, 0.3) is 10.9 Å².